The first kappa shape index (κ1) is 33.6. The zero-order valence-corrected chi connectivity index (χ0v) is 25.3. The van der Waals surface area contributed by atoms with Crippen molar-refractivity contribution in [3.63, 3.8) is 0 Å². The van der Waals surface area contributed by atoms with Gasteiger partial charge in [-0.3, -0.25) is 4.79 Å². The second-order valence-electron chi connectivity index (χ2n) is 12.1. The van der Waals surface area contributed by atoms with E-state index in [1.807, 2.05) is 0 Å². The number of carbonyl (C=O) groups is 1. The van der Waals surface area contributed by atoms with Gasteiger partial charge in [-0.15, -0.1) is 0 Å². The Hall–Kier alpha value is -2.75. The van der Waals surface area contributed by atoms with Crippen LogP contribution in [0.5, 0.6) is 0 Å². The first-order valence-corrected chi connectivity index (χ1v) is 17.3. The number of sulfone groups is 2. The average molecular weight is 688 g/mol. The molecule has 45 heavy (non-hydrogen) atoms. The van der Waals surface area contributed by atoms with Crippen molar-refractivity contribution in [3.05, 3.63) is 65.0 Å². The lowest BCUT2D eigenvalue weighted by atomic mass is 9.73. The molecule has 0 spiro atoms. The van der Waals surface area contributed by atoms with E-state index in [4.69, 9.17) is 0 Å². The first-order chi connectivity index (χ1) is 20.7. The zero-order valence-electron chi connectivity index (χ0n) is 23.7. The maximum Gasteiger partial charge on any atom is 0.435 e. The Balaban J connectivity index is 1.59. The number of amides is 1. The van der Waals surface area contributed by atoms with Crippen LogP contribution in [0.3, 0.4) is 0 Å². The molecular formula is C29H29F8NO5S2. The van der Waals surface area contributed by atoms with Crippen LogP contribution >= 0.6 is 0 Å². The largest absolute Gasteiger partial charge is 0.435 e. The Labute approximate surface area is 254 Å². The minimum absolute atomic E-state index is 0.0523. The van der Waals surface area contributed by atoms with Gasteiger partial charge < -0.3 is 5.32 Å². The molecule has 2 fully saturated rings. The molecule has 1 amide bonds. The summed E-state index contributed by atoms with van der Waals surface area (Å²) in [5.41, 5.74) is -7.79. The van der Waals surface area contributed by atoms with Crippen molar-refractivity contribution in [2.75, 3.05) is 5.75 Å². The van der Waals surface area contributed by atoms with E-state index in [9.17, 15) is 56.8 Å². The molecule has 16 heteroatoms. The lowest BCUT2D eigenvalue weighted by molar-refractivity contribution is -0.348. The molecule has 1 saturated carbocycles. The average Bonchev–Trinajstić information content (AvgIpc) is 3.32. The van der Waals surface area contributed by atoms with Crippen LogP contribution in [0.15, 0.2) is 47.4 Å². The maximum atomic E-state index is 15.0. The molecule has 3 aliphatic rings. The van der Waals surface area contributed by atoms with Crippen molar-refractivity contribution >= 4 is 25.6 Å². The summed E-state index contributed by atoms with van der Waals surface area (Å²) in [7, 11) is -7.91. The second kappa shape index (κ2) is 10.9. The number of halogens is 8. The molecule has 2 aromatic rings. The fraction of sp³-hybridized carbons (Fsp3) is 0.552. The number of alkyl halides is 7. The number of rotatable bonds is 5. The Kier molecular flexibility index (Phi) is 8.15. The Morgan fingerprint density at radius 1 is 0.933 bits per heavy atom. The number of aryl methyl sites for hydroxylation is 1. The van der Waals surface area contributed by atoms with E-state index in [1.54, 1.807) is 0 Å². The van der Waals surface area contributed by atoms with Gasteiger partial charge >= 0.3 is 18.0 Å². The van der Waals surface area contributed by atoms with E-state index in [1.165, 1.54) is 6.92 Å². The molecule has 0 bridgehead atoms. The quantitative estimate of drug-likeness (QED) is 0.315. The highest BCUT2D eigenvalue weighted by atomic mass is 32.2. The van der Waals surface area contributed by atoms with Crippen molar-refractivity contribution in [2.24, 2.45) is 11.8 Å². The summed E-state index contributed by atoms with van der Waals surface area (Å²) in [4.78, 5) is 12.9. The van der Waals surface area contributed by atoms with Gasteiger partial charge in [0.2, 0.25) is 5.91 Å². The molecule has 248 valence electrons. The van der Waals surface area contributed by atoms with Gasteiger partial charge in [-0.25, -0.2) is 25.6 Å². The lowest BCUT2D eigenvalue weighted by Crippen LogP contribution is -2.52. The smallest absolute Gasteiger partial charge is 0.353 e. The molecule has 0 radical (unpaired) electrons. The molecule has 5 atom stereocenters. The maximum absolute atomic E-state index is 15.0. The van der Waals surface area contributed by atoms with Gasteiger partial charge in [-0.2, -0.15) is 26.3 Å². The van der Waals surface area contributed by atoms with Crippen LogP contribution in [0.2, 0.25) is 0 Å². The Morgan fingerprint density at radius 2 is 1.56 bits per heavy atom. The predicted octanol–water partition coefficient (Wildman–Crippen LogP) is 5.84. The van der Waals surface area contributed by atoms with E-state index >= 15 is 0 Å². The van der Waals surface area contributed by atoms with Crippen LogP contribution in [0, 0.1) is 17.7 Å². The van der Waals surface area contributed by atoms with Crippen molar-refractivity contribution < 1.29 is 56.8 Å². The van der Waals surface area contributed by atoms with Gasteiger partial charge in [0.1, 0.15) is 10.6 Å². The van der Waals surface area contributed by atoms with Crippen LogP contribution in [-0.2, 0) is 41.3 Å². The topological polar surface area (TPSA) is 97.4 Å². The number of fused-ring (bicyclic) bond motifs is 3. The third-order valence-electron chi connectivity index (χ3n) is 9.66. The normalized spacial score (nSPS) is 28.6. The first-order valence-electron chi connectivity index (χ1n) is 14.1. The molecule has 2 aliphatic carbocycles. The van der Waals surface area contributed by atoms with Crippen LogP contribution < -0.4 is 5.32 Å². The van der Waals surface area contributed by atoms with Gasteiger partial charge in [0.25, 0.3) is 0 Å². The summed E-state index contributed by atoms with van der Waals surface area (Å²) in [6.45, 7) is 1.49. The molecule has 1 aliphatic heterocycles. The van der Waals surface area contributed by atoms with Crippen molar-refractivity contribution in [1.29, 1.82) is 0 Å². The summed E-state index contributed by atoms with van der Waals surface area (Å²) in [5.74, 6) is -3.04. The molecule has 5 rings (SSSR count). The number of hydrogen-bond acceptors (Lipinski definition) is 5. The minimum Gasteiger partial charge on any atom is -0.353 e. The van der Waals surface area contributed by atoms with Crippen LogP contribution in [0.25, 0.3) is 0 Å². The van der Waals surface area contributed by atoms with Gasteiger partial charge in [0.05, 0.1) is 15.9 Å². The summed E-state index contributed by atoms with van der Waals surface area (Å²) in [6.07, 6.45) is -13.1. The minimum atomic E-state index is -6.37. The van der Waals surface area contributed by atoms with E-state index in [0.29, 0.717) is 12.1 Å². The van der Waals surface area contributed by atoms with Crippen molar-refractivity contribution in [3.8, 4) is 0 Å². The standard InChI is InChI=1S/C29H29F8NO5S2/c1-16-14-18(11-13-44(16,40)41)25(39)38-24-10-12-26(45(42,43)21-6-4-20(30)5-7-21)22-9-3-19(15-17(22)2-8-23(24)26)27(31,28(32,33)34)29(35,36)37/h3-7,9,15-16,18,23-24H,2,8,10-14H2,1H3,(H,38,39)/t16-,18+,23+,24-,26-/m1/s1. The predicted molar refractivity (Wildman–Crippen MR) is 146 cm³/mol. The summed E-state index contributed by atoms with van der Waals surface area (Å²) in [5, 5.41) is 2.08. The molecule has 6 nitrogen and oxygen atoms in total. The highest BCUT2D eigenvalue weighted by Gasteiger charge is 2.73. The Morgan fingerprint density at radius 3 is 2.13 bits per heavy atom. The third kappa shape index (κ3) is 5.23. The molecule has 2 aromatic carbocycles. The second-order valence-corrected chi connectivity index (χ2v) is 16.8. The fourth-order valence-corrected chi connectivity index (χ4v) is 11.3. The third-order valence-corrected chi connectivity index (χ3v) is 14.5. The van der Waals surface area contributed by atoms with Crippen molar-refractivity contribution in [1.82, 2.24) is 5.32 Å². The van der Waals surface area contributed by atoms with Crippen molar-refractivity contribution in [2.45, 2.75) is 84.4 Å². The SMILES string of the molecule is C[C@@H]1C[C@@H](C(=O)N[C@@H]2CC[C@@]3(S(=O)(=O)c4ccc(F)cc4)c4ccc(C(F)(C(F)(F)F)C(F)(F)F)cc4CC[C@@H]23)CCS1(=O)=O. The van der Waals surface area contributed by atoms with Crippen LogP contribution in [-0.4, -0.2) is 52.1 Å². The molecule has 1 saturated heterocycles. The molecule has 1 N–H and O–H groups in total. The molecular weight excluding hydrogens is 658 g/mol. The molecule has 1 heterocycles. The van der Waals surface area contributed by atoms with E-state index in [2.05, 4.69) is 5.32 Å². The van der Waals surface area contributed by atoms with Crippen LogP contribution in [0.4, 0.5) is 35.1 Å². The van der Waals surface area contributed by atoms with Crippen LogP contribution in [0.1, 0.15) is 55.7 Å². The number of nitrogens with one attached hydrogen (secondary N) is 1. The monoisotopic (exact) mass is 687 g/mol. The van der Waals surface area contributed by atoms with Gasteiger partial charge in [-0.1, -0.05) is 18.2 Å². The zero-order chi connectivity index (χ0) is 33.4. The summed E-state index contributed by atoms with van der Waals surface area (Å²) in [6, 6.07) is 4.44. The fourth-order valence-electron chi connectivity index (χ4n) is 7.26. The molecule has 0 aromatic heterocycles. The molecule has 0 unspecified atom stereocenters. The Bertz CT molecular complexity index is 1690. The summed E-state index contributed by atoms with van der Waals surface area (Å²) < 4.78 is 161. The number of carbonyl (C=O) groups excluding carboxylic acids is 1. The van der Waals surface area contributed by atoms with E-state index < -0.39 is 82.9 Å². The summed E-state index contributed by atoms with van der Waals surface area (Å²) >= 11 is 0. The number of hydrogen-bond donors (Lipinski definition) is 1. The van der Waals surface area contributed by atoms with E-state index in [-0.39, 0.29) is 60.3 Å². The van der Waals surface area contributed by atoms with Gasteiger partial charge in [0.15, 0.2) is 19.7 Å². The number of benzene rings is 2. The highest BCUT2D eigenvalue weighted by Crippen LogP contribution is 2.59. The van der Waals surface area contributed by atoms with Gasteiger partial charge in [0, 0.05) is 23.4 Å². The van der Waals surface area contributed by atoms with Gasteiger partial charge in [-0.05, 0) is 80.8 Å². The highest BCUT2D eigenvalue weighted by molar-refractivity contribution is 7.92. The van der Waals surface area contributed by atoms with E-state index in [0.717, 1.165) is 30.3 Å². The lowest BCUT2D eigenvalue weighted by Gasteiger charge is -2.43.